The van der Waals surface area contributed by atoms with E-state index >= 15 is 0 Å². The molecule has 5 unspecified atom stereocenters. The molecular weight excluding hydrogens is 874 g/mol. The summed E-state index contributed by atoms with van der Waals surface area (Å²) < 4.78 is 49.2. The summed E-state index contributed by atoms with van der Waals surface area (Å²) in [6.45, 7) is 2.51. The number of allylic oxidation sites excluding steroid dienone is 12. The first-order chi connectivity index (χ1) is 30.5. The van der Waals surface area contributed by atoms with Crippen molar-refractivity contribution in [3.63, 3.8) is 0 Å². The lowest BCUT2D eigenvalue weighted by Gasteiger charge is -2.43. The predicted molar refractivity (Wildman–Crippen MR) is 242 cm³/mol. The zero-order chi connectivity index (χ0) is 47.6. The van der Waals surface area contributed by atoms with Gasteiger partial charge in [-0.25, -0.2) is 9.13 Å². The molecular formula is C45H76O17P2. The van der Waals surface area contributed by atoms with Crippen molar-refractivity contribution in [1.82, 2.24) is 0 Å². The van der Waals surface area contributed by atoms with E-state index in [2.05, 4.69) is 66.1 Å². The summed E-state index contributed by atoms with van der Waals surface area (Å²) in [5.74, 6) is -1.31. The van der Waals surface area contributed by atoms with Gasteiger partial charge in [0, 0.05) is 12.8 Å². The largest absolute Gasteiger partial charge is 0.472 e. The maximum Gasteiger partial charge on any atom is 0.472 e. The second kappa shape index (κ2) is 35.6. The highest BCUT2D eigenvalue weighted by atomic mass is 31.2. The van der Waals surface area contributed by atoms with E-state index in [9.17, 15) is 49.1 Å². The van der Waals surface area contributed by atoms with Gasteiger partial charge in [0.15, 0.2) is 6.10 Å². The number of phosphoric acid groups is 2. The summed E-state index contributed by atoms with van der Waals surface area (Å²) in [6, 6.07) is 0. The maximum atomic E-state index is 13.0. The Morgan fingerprint density at radius 3 is 1.58 bits per heavy atom. The molecule has 0 aliphatic heterocycles. The van der Waals surface area contributed by atoms with Gasteiger partial charge in [0.05, 0.1) is 12.7 Å². The molecule has 0 aromatic carbocycles. The van der Waals surface area contributed by atoms with E-state index in [-0.39, 0.29) is 18.9 Å². The topological polar surface area (TPSA) is 276 Å². The number of aliphatic hydroxyl groups excluding tert-OH is 5. The van der Waals surface area contributed by atoms with E-state index in [4.69, 9.17) is 28.3 Å². The zero-order valence-corrected chi connectivity index (χ0v) is 39.3. The van der Waals surface area contributed by atoms with Gasteiger partial charge in [0.1, 0.15) is 43.2 Å². The number of ether oxygens (including phenoxy) is 2. The maximum absolute atomic E-state index is 13.0. The fraction of sp³-hybridized carbons (Fsp3) is 0.689. The van der Waals surface area contributed by atoms with Gasteiger partial charge >= 0.3 is 27.6 Å². The second-order valence-corrected chi connectivity index (χ2v) is 18.3. The van der Waals surface area contributed by atoms with Gasteiger partial charge in [0.25, 0.3) is 0 Å². The Kier molecular flexibility index (Phi) is 33.0. The van der Waals surface area contributed by atoms with Crippen LogP contribution in [0.5, 0.6) is 0 Å². The normalized spacial score (nSPS) is 23.0. The Balaban J connectivity index is 2.66. The van der Waals surface area contributed by atoms with Crippen LogP contribution in [-0.2, 0) is 41.8 Å². The number of hydrogen-bond acceptors (Lipinski definition) is 14. The Morgan fingerprint density at radius 2 is 1.03 bits per heavy atom. The molecule has 9 atom stereocenters. The van der Waals surface area contributed by atoms with Crippen molar-refractivity contribution in [2.75, 3.05) is 13.2 Å². The van der Waals surface area contributed by atoms with Crippen LogP contribution in [0.25, 0.3) is 0 Å². The van der Waals surface area contributed by atoms with E-state index in [1.54, 1.807) is 6.92 Å². The molecule has 0 heterocycles. The summed E-state index contributed by atoms with van der Waals surface area (Å²) in [5.41, 5.74) is 0. The van der Waals surface area contributed by atoms with Gasteiger partial charge < -0.3 is 49.7 Å². The monoisotopic (exact) mass is 950 g/mol. The molecule has 64 heavy (non-hydrogen) atoms. The number of esters is 2. The number of hydrogen-bond donors (Lipinski definition) is 8. The van der Waals surface area contributed by atoms with Crippen LogP contribution < -0.4 is 0 Å². The lowest BCUT2D eigenvalue weighted by molar-refractivity contribution is -0.216. The zero-order valence-electron chi connectivity index (χ0n) is 37.5. The van der Waals surface area contributed by atoms with Crippen LogP contribution >= 0.6 is 15.6 Å². The van der Waals surface area contributed by atoms with Gasteiger partial charge in [-0.2, -0.15) is 0 Å². The molecule has 1 fully saturated rings. The van der Waals surface area contributed by atoms with Crippen molar-refractivity contribution in [2.45, 2.75) is 185 Å². The fourth-order valence-corrected chi connectivity index (χ4v) is 7.79. The fourth-order valence-electron chi connectivity index (χ4n) is 6.25. The number of phosphoric ester groups is 2. The van der Waals surface area contributed by atoms with Gasteiger partial charge in [-0.1, -0.05) is 106 Å². The lowest BCUT2D eigenvalue weighted by atomic mass is 9.85. The van der Waals surface area contributed by atoms with Gasteiger partial charge in [-0.3, -0.25) is 23.2 Å². The van der Waals surface area contributed by atoms with Crippen LogP contribution in [-0.4, -0.2) is 114 Å². The predicted octanol–water partition coefficient (Wildman–Crippen LogP) is 7.03. The molecule has 0 saturated heterocycles. The van der Waals surface area contributed by atoms with Crippen molar-refractivity contribution in [3.8, 4) is 0 Å². The van der Waals surface area contributed by atoms with Crippen LogP contribution in [0.1, 0.15) is 136 Å². The van der Waals surface area contributed by atoms with Gasteiger partial charge in [-0.05, 0) is 90.4 Å². The summed E-state index contributed by atoms with van der Waals surface area (Å²) in [7, 11) is -10.7. The highest BCUT2D eigenvalue weighted by Crippen LogP contribution is 2.49. The minimum Gasteiger partial charge on any atom is -0.462 e. The summed E-state index contributed by atoms with van der Waals surface area (Å²) >= 11 is 0. The number of carbonyl (C=O) groups is 2. The SMILES string of the molecule is CCC/C=C\C/C=C\CCCCCCCC(=O)O[C@H](COC(=O)CCC/C=C\C/C=C\C/C=C\C/C=C\CCC[C@@H](C)O)COP(=O)(O)O[C@H]1C(O)C(O)C(O)[C@@H](OP(=O)(O)O)C1O. The molecule has 368 valence electrons. The number of rotatable bonds is 36. The smallest absolute Gasteiger partial charge is 0.462 e. The first kappa shape index (κ1) is 59.4. The molecule has 17 nitrogen and oxygen atoms in total. The van der Waals surface area contributed by atoms with E-state index < -0.39 is 83.5 Å². The molecule has 1 aliphatic carbocycles. The van der Waals surface area contributed by atoms with E-state index in [1.807, 2.05) is 18.2 Å². The molecule has 0 spiro atoms. The third kappa shape index (κ3) is 30.6. The Labute approximate surface area is 379 Å². The standard InChI is InChI=1S/C45H76O17P2/c1-3-4-5-6-7-8-9-13-18-21-24-27-30-33-39(48)60-37(35-59-64(56,57)62-45-42(51)40(49)41(50)44(43(45)52)61-63(53,54)55)34-58-38(47)32-29-26-23-20-17-15-12-10-11-14-16-19-22-25-28-31-36(2)46/h5-6,8-9,11-12,14-15,19-20,22-23,36-37,40-46,49-52H,3-4,7,10,13,16-18,21,24-35H2,1-2H3,(H,56,57)(H2,53,54,55)/b6-5-,9-8-,14-11-,15-12-,22-19-,23-20-/t36-,37-,40?,41?,42?,43?,44-,45+/m1/s1. The molecule has 1 rings (SSSR count). The van der Waals surface area contributed by atoms with Crippen LogP contribution in [0.4, 0.5) is 0 Å². The van der Waals surface area contributed by atoms with Crippen molar-refractivity contribution in [3.05, 3.63) is 72.9 Å². The highest BCUT2D eigenvalue weighted by Gasteiger charge is 2.54. The first-order valence-corrected chi connectivity index (χ1v) is 25.5. The number of carbonyl (C=O) groups excluding carboxylic acids is 2. The molecule has 1 aliphatic rings. The molecule has 0 bridgehead atoms. The molecule has 19 heteroatoms. The lowest BCUT2D eigenvalue weighted by Crippen LogP contribution is -2.64. The van der Waals surface area contributed by atoms with E-state index in [1.165, 1.54) is 0 Å². The summed E-state index contributed by atoms with van der Waals surface area (Å²) in [4.78, 5) is 54.1. The Hall–Kier alpha value is -2.60. The minimum atomic E-state index is -5.38. The molecule has 0 aromatic heterocycles. The molecule has 0 amide bonds. The molecule has 0 radical (unpaired) electrons. The first-order valence-electron chi connectivity index (χ1n) is 22.5. The van der Waals surface area contributed by atoms with Crippen LogP contribution in [0.3, 0.4) is 0 Å². The van der Waals surface area contributed by atoms with Crippen LogP contribution in [0.2, 0.25) is 0 Å². The van der Waals surface area contributed by atoms with Crippen molar-refractivity contribution in [1.29, 1.82) is 0 Å². The summed E-state index contributed by atoms with van der Waals surface area (Å²) in [6.07, 6.45) is 24.3. The van der Waals surface area contributed by atoms with Crippen LogP contribution in [0.15, 0.2) is 72.9 Å². The second-order valence-electron chi connectivity index (χ2n) is 15.7. The summed E-state index contributed by atoms with van der Waals surface area (Å²) in [5, 5.41) is 50.4. The third-order valence-corrected chi connectivity index (χ3v) is 11.3. The number of aliphatic hydroxyl groups is 5. The van der Waals surface area contributed by atoms with Crippen molar-refractivity contribution >= 4 is 27.6 Å². The average molecular weight is 951 g/mol. The quantitative estimate of drug-likeness (QED) is 0.0135. The average Bonchev–Trinajstić information content (AvgIpc) is 3.23. The van der Waals surface area contributed by atoms with Gasteiger partial charge in [-0.15, -0.1) is 0 Å². The minimum absolute atomic E-state index is 0.00595. The molecule has 8 N–H and O–H groups in total. The van der Waals surface area contributed by atoms with Crippen LogP contribution in [0, 0.1) is 0 Å². The third-order valence-electron chi connectivity index (χ3n) is 9.75. The molecule has 1 saturated carbocycles. The molecule has 0 aromatic rings. The van der Waals surface area contributed by atoms with Crippen molar-refractivity contribution in [2.24, 2.45) is 0 Å². The Bertz CT molecular complexity index is 1540. The Morgan fingerprint density at radius 1 is 0.562 bits per heavy atom. The highest BCUT2D eigenvalue weighted by molar-refractivity contribution is 7.47. The van der Waals surface area contributed by atoms with E-state index in [0.717, 1.165) is 89.9 Å². The van der Waals surface area contributed by atoms with Gasteiger partial charge in [0.2, 0.25) is 0 Å². The van der Waals surface area contributed by atoms with Crippen molar-refractivity contribution < 1.29 is 82.0 Å². The number of unbranched alkanes of at least 4 members (excludes halogenated alkanes) is 8. The van der Waals surface area contributed by atoms with E-state index in [0.29, 0.717) is 19.3 Å².